The minimum atomic E-state index is -0.0632. The summed E-state index contributed by atoms with van der Waals surface area (Å²) in [5.41, 5.74) is 0.858. The van der Waals surface area contributed by atoms with Crippen molar-refractivity contribution in [1.82, 2.24) is 15.5 Å². The van der Waals surface area contributed by atoms with Gasteiger partial charge in [-0.25, -0.2) is 0 Å². The number of carbonyl (C=O) groups excluding carboxylic acids is 2. The highest BCUT2D eigenvalue weighted by Gasteiger charge is 2.39. The minimum absolute atomic E-state index is 0.0160. The van der Waals surface area contributed by atoms with E-state index < -0.39 is 0 Å². The lowest BCUT2D eigenvalue weighted by atomic mass is 9.84. The Hall–Kier alpha value is -1.50. The van der Waals surface area contributed by atoms with Gasteiger partial charge >= 0.3 is 0 Å². The van der Waals surface area contributed by atoms with Crippen molar-refractivity contribution in [3.8, 4) is 0 Å². The van der Waals surface area contributed by atoms with Crippen LogP contribution in [0.25, 0.3) is 6.08 Å². The smallest absolute Gasteiger partial charge is 0.257 e. The van der Waals surface area contributed by atoms with Crippen molar-refractivity contribution in [3.05, 3.63) is 39.8 Å². The number of benzene rings is 1. The number of likely N-dealkylation sites (tertiary alicyclic amines) is 1. The van der Waals surface area contributed by atoms with Gasteiger partial charge in [0.05, 0.1) is 4.91 Å². The molecule has 5 nitrogen and oxygen atoms in total. The molecule has 3 aliphatic rings. The van der Waals surface area contributed by atoms with Crippen LogP contribution < -0.4 is 10.6 Å². The zero-order valence-electron chi connectivity index (χ0n) is 17.4. The molecule has 2 aliphatic heterocycles. The molecule has 2 heterocycles. The van der Waals surface area contributed by atoms with E-state index in [1.165, 1.54) is 6.42 Å². The fraction of sp³-hybridized carbons (Fsp3) is 0.565. The first kappa shape index (κ1) is 21.7. The van der Waals surface area contributed by atoms with E-state index in [2.05, 4.69) is 22.5 Å². The molecule has 0 aromatic heterocycles. The van der Waals surface area contributed by atoms with E-state index in [0.29, 0.717) is 21.2 Å². The van der Waals surface area contributed by atoms with Gasteiger partial charge in [-0.15, -0.1) is 11.8 Å². The Morgan fingerprint density at radius 2 is 2.17 bits per heavy atom. The van der Waals surface area contributed by atoms with Crippen molar-refractivity contribution in [2.24, 2.45) is 5.92 Å². The molecule has 4 unspecified atom stereocenters. The molecule has 1 aromatic rings. The highest BCUT2D eigenvalue weighted by molar-refractivity contribution is 8.04. The third-order valence-corrected chi connectivity index (χ3v) is 8.35. The molecule has 0 bridgehead atoms. The third kappa shape index (κ3) is 4.87. The number of halogens is 1. The molecule has 4 atom stereocenters. The molecule has 0 spiro atoms. The lowest BCUT2D eigenvalue weighted by molar-refractivity contribution is -0.127. The van der Waals surface area contributed by atoms with Gasteiger partial charge in [-0.3, -0.25) is 14.5 Å². The molecule has 0 radical (unpaired) electrons. The highest BCUT2D eigenvalue weighted by Crippen LogP contribution is 2.40. The standard InChI is InChI=1S/C23H30ClN3O2S/c1-2-27-11-5-7-17(27)14-25-22(28)16-9-10-20-19(12-16)26-23(29)21(30-20)13-15-6-3-4-8-18(15)24/h3-4,6,8,13,16-17,19-20H,2,5,7,9-12,14H2,1H3,(H,25,28)(H,26,29)/b21-13+. The average molecular weight is 448 g/mol. The number of nitrogens with zero attached hydrogens (tertiary/aromatic N) is 1. The van der Waals surface area contributed by atoms with Crippen LogP contribution in [0.4, 0.5) is 0 Å². The average Bonchev–Trinajstić information content (AvgIpc) is 3.21. The van der Waals surface area contributed by atoms with Gasteiger partial charge in [0, 0.05) is 34.8 Å². The van der Waals surface area contributed by atoms with Crippen molar-refractivity contribution in [2.75, 3.05) is 19.6 Å². The summed E-state index contributed by atoms with van der Waals surface area (Å²) in [4.78, 5) is 28.6. The fourth-order valence-corrected chi connectivity index (χ4v) is 6.34. The summed E-state index contributed by atoms with van der Waals surface area (Å²) in [6, 6.07) is 8.07. The van der Waals surface area contributed by atoms with Crippen LogP contribution >= 0.6 is 23.4 Å². The number of rotatable bonds is 5. The molecular weight excluding hydrogens is 418 g/mol. The largest absolute Gasteiger partial charge is 0.354 e. The summed E-state index contributed by atoms with van der Waals surface area (Å²) in [5, 5.41) is 7.29. The van der Waals surface area contributed by atoms with Crippen molar-refractivity contribution < 1.29 is 9.59 Å². The number of carbonyl (C=O) groups is 2. The SMILES string of the molecule is CCN1CCCC1CNC(=O)C1CCC2S/C(=C/c3ccccc3Cl)C(=O)NC2C1. The molecule has 1 aliphatic carbocycles. The van der Waals surface area contributed by atoms with Gasteiger partial charge in [0.1, 0.15) is 0 Å². The van der Waals surface area contributed by atoms with Crippen LogP contribution in [-0.4, -0.2) is 53.7 Å². The van der Waals surface area contributed by atoms with E-state index in [0.717, 1.165) is 50.9 Å². The number of likely N-dealkylation sites (N-methyl/N-ethyl adjacent to an activating group) is 1. The first-order valence-electron chi connectivity index (χ1n) is 11.0. The van der Waals surface area contributed by atoms with Crippen molar-refractivity contribution in [1.29, 1.82) is 0 Å². The van der Waals surface area contributed by atoms with Crippen LogP contribution in [0.5, 0.6) is 0 Å². The monoisotopic (exact) mass is 447 g/mol. The summed E-state index contributed by atoms with van der Waals surface area (Å²) in [7, 11) is 0. The second kappa shape index (κ2) is 9.75. The number of hydrogen-bond acceptors (Lipinski definition) is 4. The first-order chi connectivity index (χ1) is 14.5. The minimum Gasteiger partial charge on any atom is -0.354 e. The van der Waals surface area contributed by atoms with E-state index in [-0.39, 0.29) is 23.8 Å². The summed E-state index contributed by atoms with van der Waals surface area (Å²) in [6.45, 7) is 5.10. The first-order valence-corrected chi connectivity index (χ1v) is 12.3. The molecule has 2 amide bonds. The van der Waals surface area contributed by atoms with E-state index in [9.17, 15) is 9.59 Å². The number of fused-ring (bicyclic) bond motifs is 1. The third-order valence-electron chi connectivity index (χ3n) is 6.59. The zero-order valence-corrected chi connectivity index (χ0v) is 19.0. The van der Waals surface area contributed by atoms with Crippen molar-refractivity contribution in [2.45, 2.75) is 56.4 Å². The maximum absolute atomic E-state index is 12.8. The summed E-state index contributed by atoms with van der Waals surface area (Å²) in [5.74, 6) is 0.0672. The molecule has 1 aromatic carbocycles. The van der Waals surface area contributed by atoms with E-state index >= 15 is 0 Å². The Morgan fingerprint density at radius 3 is 2.97 bits per heavy atom. The lowest BCUT2D eigenvalue weighted by Gasteiger charge is -2.39. The number of amides is 2. The molecule has 2 N–H and O–H groups in total. The summed E-state index contributed by atoms with van der Waals surface area (Å²) >= 11 is 7.87. The van der Waals surface area contributed by atoms with Crippen LogP contribution in [0, 0.1) is 5.92 Å². The maximum atomic E-state index is 12.8. The Morgan fingerprint density at radius 1 is 1.33 bits per heavy atom. The highest BCUT2D eigenvalue weighted by atomic mass is 35.5. The zero-order chi connectivity index (χ0) is 21.1. The quantitative estimate of drug-likeness (QED) is 0.676. The molecular formula is C23H30ClN3O2S. The van der Waals surface area contributed by atoms with Gasteiger partial charge < -0.3 is 10.6 Å². The van der Waals surface area contributed by atoms with Crippen LogP contribution in [0.3, 0.4) is 0 Å². The number of thioether (sulfide) groups is 1. The fourth-order valence-electron chi connectivity index (χ4n) is 4.87. The molecule has 3 fully saturated rings. The molecule has 30 heavy (non-hydrogen) atoms. The van der Waals surface area contributed by atoms with Gasteiger partial charge in [0.15, 0.2) is 0 Å². The number of nitrogens with one attached hydrogen (secondary N) is 2. The van der Waals surface area contributed by atoms with E-state index in [4.69, 9.17) is 11.6 Å². The normalized spacial score (nSPS) is 30.7. The van der Waals surface area contributed by atoms with Gasteiger partial charge in [0.25, 0.3) is 5.91 Å². The van der Waals surface area contributed by atoms with Crippen LogP contribution in [0.15, 0.2) is 29.2 Å². The van der Waals surface area contributed by atoms with E-state index in [1.54, 1.807) is 11.8 Å². The van der Waals surface area contributed by atoms with Gasteiger partial charge in [-0.1, -0.05) is 36.7 Å². The van der Waals surface area contributed by atoms with Crippen LogP contribution in [-0.2, 0) is 9.59 Å². The topological polar surface area (TPSA) is 61.4 Å². The Balaban J connectivity index is 1.33. The van der Waals surface area contributed by atoms with E-state index in [1.807, 2.05) is 30.3 Å². The number of hydrogen-bond donors (Lipinski definition) is 2. The predicted molar refractivity (Wildman–Crippen MR) is 123 cm³/mol. The molecule has 162 valence electrons. The Labute approximate surface area is 188 Å². The maximum Gasteiger partial charge on any atom is 0.257 e. The van der Waals surface area contributed by atoms with Gasteiger partial charge in [-0.05, 0) is 62.9 Å². The summed E-state index contributed by atoms with van der Waals surface area (Å²) in [6.07, 6.45) is 6.77. The molecule has 4 rings (SSSR count). The predicted octanol–water partition coefficient (Wildman–Crippen LogP) is 3.68. The van der Waals surface area contributed by atoms with Crippen molar-refractivity contribution >= 4 is 41.3 Å². The van der Waals surface area contributed by atoms with Crippen LogP contribution in [0.1, 0.15) is 44.6 Å². The van der Waals surface area contributed by atoms with Crippen molar-refractivity contribution in [3.63, 3.8) is 0 Å². The molecule has 1 saturated carbocycles. The van der Waals surface area contributed by atoms with Gasteiger partial charge in [-0.2, -0.15) is 0 Å². The Kier molecular flexibility index (Phi) is 7.06. The van der Waals surface area contributed by atoms with Crippen LogP contribution in [0.2, 0.25) is 5.02 Å². The lowest BCUT2D eigenvalue weighted by Crippen LogP contribution is -2.52. The second-order valence-electron chi connectivity index (χ2n) is 8.45. The summed E-state index contributed by atoms with van der Waals surface area (Å²) < 4.78 is 0. The van der Waals surface area contributed by atoms with Gasteiger partial charge in [0.2, 0.25) is 5.91 Å². The molecule has 7 heteroatoms. The Bertz CT molecular complexity index is 830. The second-order valence-corrected chi connectivity index (χ2v) is 10.1. The molecule has 2 saturated heterocycles.